The first-order valence-electron chi connectivity index (χ1n) is 5.93. The van der Waals surface area contributed by atoms with Crippen LogP contribution in [-0.4, -0.2) is 51.2 Å². The first kappa shape index (κ1) is 15.4. The number of nitrogens with one attached hydrogen (secondary N) is 1. The Kier molecular flexibility index (Phi) is 8.21. The molecule has 1 N–H and O–H groups in total. The molecule has 0 aliphatic rings. The molecule has 0 aliphatic carbocycles. The number of carbonyl (C=O) groups is 1. The monoisotopic (exact) mass is 230 g/mol. The van der Waals surface area contributed by atoms with Crippen molar-refractivity contribution in [2.24, 2.45) is 5.92 Å². The van der Waals surface area contributed by atoms with Crippen LogP contribution in [0.5, 0.6) is 0 Å². The van der Waals surface area contributed by atoms with E-state index in [0.717, 1.165) is 25.9 Å². The summed E-state index contributed by atoms with van der Waals surface area (Å²) in [4.78, 5) is 13.6. The third-order valence-electron chi connectivity index (χ3n) is 2.37. The Labute approximate surface area is 99.3 Å². The van der Waals surface area contributed by atoms with Gasteiger partial charge in [0, 0.05) is 0 Å². The van der Waals surface area contributed by atoms with Crippen molar-refractivity contribution in [2.75, 3.05) is 34.3 Å². The van der Waals surface area contributed by atoms with E-state index in [1.54, 1.807) is 0 Å². The van der Waals surface area contributed by atoms with Crippen molar-refractivity contribution in [3.05, 3.63) is 0 Å². The fourth-order valence-electron chi connectivity index (χ4n) is 1.55. The lowest BCUT2D eigenvalue weighted by Gasteiger charge is -2.18. The average Bonchev–Trinajstić information content (AvgIpc) is 2.20. The molecular formula is C12H26N2O2. The predicted octanol–water partition coefficient (Wildman–Crippen LogP) is 1.12. The first-order chi connectivity index (χ1) is 7.47. The Morgan fingerprint density at radius 2 is 2.00 bits per heavy atom. The third kappa shape index (κ3) is 7.65. The van der Waals surface area contributed by atoms with Crippen molar-refractivity contribution >= 4 is 5.97 Å². The Balaban J connectivity index is 3.88. The molecule has 1 unspecified atom stereocenters. The van der Waals surface area contributed by atoms with Crippen molar-refractivity contribution in [1.29, 1.82) is 0 Å². The number of nitrogens with zero attached hydrogens (tertiary/aromatic N) is 1. The van der Waals surface area contributed by atoms with Crippen molar-refractivity contribution in [3.8, 4) is 0 Å². The fourth-order valence-corrected chi connectivity index (χ4v) is 1.55. The van der Waals surface area contributed by atoms with Gasteiger partial charge in [-0.1, -0.05) is 13.8 Å². The molecule has 96 valence electrons. The van der Waals surface area contributed by atoms with Gasteiger partial charge in [-0.05, 0) is 45.9 Å². The summed E-state index contributed by atoms with van der Waals surface area (Å²) in [7, 11) is 5.54. The molecule has 0 heterocycles. The van der Waals surface area contributed by atoms with Gasteiger partial charge in [-0.3, -0.25) is 4.79 Å². The number of methoxy groups -OCH3 is 1. The van der Waals surface area contributed by atoms with Gasteiger partial charge in [-0.25, -0.2) is 0 Å². The molecule has 0 saturated heterocycles. The molecule has 0 amide bonds. The number of rotatable bonds is 8. The maximum absolute atomic E-state index is 11.5. The smallest absolute Gasteiger partial charge is 0.322 e. The maximum Gasteiger partial charge on any atom is 0.322 e. The zero-order valence-electron chi connectivity index (χ0n) is 11.2. The van der Waals surface area contributed by atoms with E-state index in [2.05, 4.69) is 24.1 Å². The molecule has 0 spiro atoms. The summed E-state index contributed by atoms with van der Waals surface area (Å²) in [6, 6.07) is -0.160. The van der Waals surface area contributed by atoms with E-state index in [0.29, 0.717) is 5.92 Å². The van der Waals surface area contributed by atoms with Crippen LogP contribution in [0.25, 0.3) is 0 Å². The molecule has 0 rings (SSSR count). The molecule has 1 atom stereocenters. The summed E-state index contributed by atoms with van der Waals surface area (Å²) in [5, 5.41) is 3.26. The minimum absolute atomic E-state index is 0.154. The maximum atomic E-state index is 11.5. The zero-order chi connectivity index (χ0) is 12.6. The lowest BCUT2D eigenvalue weighted by Crippen LogP contribution is -2.39. The lowest BCUT2D eigenvalue weighted by molar-refractivity contribution is -0.143. The Morgan fingerprint density at radius 1 is 1.38 bits per heavy atom. The van der Waals surface area contributed by atoms with Gasteiger partial charge in [-0.2, -0.15) is 0 Å². The standard InChI is InChI=1S/C12H26N2O2/c1-10(2)9-11(12(15)16-5)13-7-6-8-14(3)4/h10-11,13H,6-9H2,1-5H3. The molecule has 0 aromatic heterocycles. The summed E-state index contributed by atoms with van der Waals surface area (Å²) in [5.41, 5.74) is 0. The van der Waals surface area contributed by atoms with E-state index in [4.69, 9.17) is 4.74 Å². The SMILES string of the molecule is COC(=O)C(CC(C)C)NCCCN(C)C. The van der Waals surface area contributed by atoms with E-state index >= 15 is 0 Å². The highest BCUT2D eigenvalue weighted by Crippen LogP contribution is 2.06. The summed E-state index contributed by atoms with van der Waals surface area (Å²) in [6.45, 7) is 6.10. The molecule has 4 heteroatoms. The normalized spacial score (nSPS) is 13.2. The third-order valence-corrected chi connectivity index (χ3v) is 2.37. The van der Waals surface area contributed by atoms with Crippen LogP contribution in [0.4, 0.5) is 0 Å². The van der Waals surface area contributed by atoms with Crippen LogP contribution in [0, 0.1) is 5.92 Å². The first-order valence-corrected chi connectivity index (χ1v) is 5.93. The van der Waals surface area contributed by atoms with Gasteiger partial charge in [-0.15, -0.1) is 0 Å². The van der Waals surface area contributed by atoms with Crippen LogP contribution in [0.3, 0.4) is 0 Å². The lowest BCUT2D eigenvalue weighted by atomic mass is 10.0. The summed E-state index contributed by atoms with van der Waals surface area (Å²) >= 11 is 0. The van der Waals surface area contributed by atoms with E-state index in [-0.39, 0.29) is 12.0 Å². The van der Waals surface area contributed by atoms with Crippen molar-refractivity contribution in [1.82, 2.24) is 10.2 Å². The van der Waals surface area contributed by atoms with Crippen LogP contribution >= 0.6 is 0 Å². The highest BCUT2D eigenvalue weighted by molar-refractivity contribution is 5.75. The van der Waals surface area contributed by atoms with Crippen LogP contribution in [0.1, 0.15) is 26.7 Å². The summed E-state index contributed by atoms with van der Waals surface area (Å²) in [6.07, 6.45) is 1.87. The van der Waals surface area contributed by atoms with Crippen LogP contribution < -0.4 is 5.32 Å². The van der Waals surface area contributed by atoms with Gasteiger partial charge >= 0.3 is 5.97 Å². The second kappa shape index (κ2) is 8.53. The van der Waals surface area contributed by atoms with Crippen molar-refractivity contribution in [2.45, 2.75) is 32.7 Å². The van der Waals surface area contributed by atoms with E-state index in [1.807, 2.05) is 14.1 Å². The van der Waals surface area contributed by atoms with E-state index in [9.17, 15) is 4.79 Å². The Morgan fingerprint density at radius 3 is 2.44 bits per heavy atom. The van der Waals surface area contributed by atoms with Crippen LogP contribution in [0.15, 0.2) is 0 Å². The molecule has 0 bridgehead atoms. The van der Waals surface area contributed by atoms with Gasteiger partial charge < -0.3 is 15.0 Å². The fraction of sp³-hybridized carbons (Fsp3) is 0.917. The number of hydrogen-bond acceptors (Lipinski definition) is 4. The average molecular weight is 230 g/mol. The van der Waals surface area contributed by atoms with Gasteiger partial charge in [0.25, 0.3) is 0 Å². The molecule has 0 radical (unpaired) electrons. The van der Waals surface area contributed by atoms with E-state index < -0.39 is 0 Å². The zero-order valence-corrected chi connectivity index (χ0v) is 11.2. The number of carbonyl (C=O) groups excluding carboxylic acids is 1. The topological polar surface area (TPSA) is 41.6 Å². The van der Waals surface area contributed by atoms with Gasteiger partial charge in [0.05, 0.1) is 7.11 Å². The van der Waals surface area contributed by atoms with Crippen LogP contribution in [0.2, 0.25) is 0 Å². The molecule has 16 heavy (non-hydrogen) atoms. The number of esters is 1. The predicted molar refractivity (Wildman–Crippen MR) is 66.4 cm³/mol. The van der Waals surface area contributed by atoms with Gasteiger partial charge in [0.2, 0.25) is 0 Å². The second-order valence-corrected chi connectivity index (χ2v) is 4.82. The molecule has 4 nitrogen and oxygen atoms in total. The molecule has 0 saturated carbocycles. The van der Waals surface area contributed by atoms with E-state index in [1.165, 1.54) is 7.11 Å². The number of ether oxygens (including phenoxy) is 1. The van der Waals surface area contributed by atoms with Crippen molar-refractivity contribution in [3.63, 3.8) is 0 Å². The summed E-state index contributed by atoms with van der Waals surface area (Å²) < 4.78 is 4.78. The Bertz CT molecular complexity index is 193. The highest BCUT2D eigenvalue weighted by Gasteiger charge is 2.19. The molecular weight excluding hydrogens is 204 g/mol. The number of hydrogen-bond donors (Lipinski definition) is 1. The Hall–Kier alpha value is -0.610. The second-order valence-electron chi connectivity index (χ2n) is 4.82. The minimum Gasteiger partial charge on any atom is -0.468 e. The highest BCUT2D eigenvalue weighted by atomic mass is 16.5. The molecule has 0 aliphatic heterocycles. The minimum atomic E-state index is -0.160. The summed E-state index contributed by atoms with van der Waals surface area (Å²) in [5.74, 6) is 0.337. The molecule has 0 aromatic carbocycles. The molecule has 0 fully saturated rings. The van der Waals surface area contributed by atoms with Gasteiger partial charge in [0.1, 0.15) is 6.04 Å². The largest absolute Gasteiger partial charge is 0.468 e. The van der Waals surface area contributed by atoms with Crippen LogP contribution in [-0.2, 0) is 9.53 Å². The molecule has 0 aromatic rings. The quantitative estimate of drug-likeness (QED) is 0.501. The van der Waals surface area contributed by atoms with Gasteiger partial charge in [0.15, 0.2) is 0 Å². The van der Waals surface area contributed by atoms with Crippen molar-refractivity contribution < 1.29 is 9.53 Å².